The van der Waals surface area contributed by atoms with E-state index < -0.39 is 0 Å². The van der Waals surface area contributed by atoms with Gasteiger partial charge in [0.2, 0.25) is 5.88 Å². The average Bonchev–Trinajstić information content (AvgIpc) is 2.82. The Bertz CT molecular complexity index is 431. The smallest absolute Gasteiger partial charge is 0.214 e. The van der Waals surface area contributed by atoms with Crippen LogP contribution in [-0.2, 0) is 6.42 Å². The quantitative estimate of drug-likeness (QED) is 0.863. The standard InChI is InChI=1S/C11H13N3OS/c1-15-10-8-9(2-4-13-10)12-5-3-11-14-6-7-16-11/h2,4,6-8H,3,5H2,1H3,(H,12,13). The summed E-state index contributed by atoms with van der Waals surface area (Å²) < 4.78 is 5.05. The lowest BCUT2D eigenvalue weighted by atomic mass is 10.3. The van der Waals surface area contributed by atoms with Crippen molar-refractivity contribution in [2.75, 3.05) is 19.0 Å². The monoisotopic (exact) mass is 235 g/mol. The number of ether oxygens (including phenoxy) is 1. The zero-order valence-corrected chi connectivity index (χ0v) is 9.83. The number of nitrogens with zero attached hydrogens (tertiary/aromatic N) is 2. The molecule has 0 aliphatic carbocycles. The van der Waals surface area contributed by atoms with Gasteiger partial charge < -0.3 is 10.1 Å². The molecule has 2 heterocycles. The molecule has 0 amide bonds. The molecule has 84 valence electrons. The number of hydrogen-bond acceptors (Lipinski definition) is 5. The van der Waals surface area contributed by atoms with E-state index in [2.05, 4.69) is 15.3 Å². The highest BCUT2D eigenvalue weighted by Crippen LogP contribution is 2.13. The van der Waals surface area contributed by atoms with Crippen molar-refractivity contribution < 1.29 is 4.74 Å². The van der Waals surface area contributed by atoms with Crippen molar-refractivity contribution in [2.45, 2.75) is 6.42 Å². The summed E-state index contributed by atoms with van der Waals surface area (Å²) in [6.45, 7) is 0.862. The Hall–Kier alpha value is -1.62. The summed E-state index contributed by atoms with van der Waals surface area (Å²) in [5, 5.41) is 6.44. The molecule has 2 aromatic rings. The van der Waals surface area contributed by atoms with Gasteiger partial charge in [-0.15, -0.1) is 11.3 Å². The second-order valence-corrected chi connectivity index (χ2v) is 4.17. The highest BCUT2D eigenvalue weighted by atomic mass is 32.1. The summed E-state index contributed by atoms with van der Waals surface area (Å²) in [7, 11) is 1.61. The van der Waals surface area contributed by atoms with E-state index in [1.165, 1.54) is 0 Å². The average molecular weight is 235 g/mol. The maximum Gasteiger partial charge on any atom is 0.214 e. The minimum absolute atomic E-state index is 0.624. The molecule has 0 bridgehead atoms. The van der Waals surface area contributed by atoms with Gasteiger partial charge in [-0.3, -0.25) is 0 Å². The van der Waals surface area contributed by atoms with E-state index in [9.17, 15) is 0 Å². The van der Waals surface area contributed by atoms with Gasteiger partial charge in [-0.1, -0.05) is 0 Å². The summed E-state index contributed by atoms with van der Waals surface area (Å²) in [5.41, 5.74) is 1.02. The van der Waals surface area contributed by atoms with E-state index in [4.69, 9.17) is 4.74 Å². The molecule has 0 spiro atoms. The number of thiazole rings is 1. The zero-order chi connectivity index (χ0) is 11.2. The van der Waals surface area contributed by atoms with Gasteiger partial charge in [-0.05, 0) is 6.07 Å². The van der Waals surface area contributed by atoms with Gasteiger partial charge >= 0.3 is 0 Å². The van der Waals surface area contributed by atoms with Crippen molar-refractivity contribution in [1.29, 1.82) is 0 Å². The Labute approximate surface area is 98.3 Å². The molecule has 0 fully saturated rings. The van der Waals surface area contributed by atoms with Gasteiger partial charge in [-0.25, -0.2) is 9.97 Å². The molecule has 1 N–H and O–H groups in total. The van der Waals surface area contributed by atoms with Crippen molar-refractivity contribution >= 4 is 17.0 Å². The van der Waals surface area contributed by atoms with Crippen LogP contribution < -0.4 is 10.1 Å². The third-order valence-electron chi connectivity index (χ3n) is 2.10. The van der Waals surface area contributed by atoms with Crippen LogP contribution in [0, 0.1) is 0 Å². The van der Waals surface area contributed by atoms with E-state index in [1.807, 2.05) is 23.7 Å². The summed E-state index contributed by atoms with van der Waals surface area (Å²) >= 11 is 1.68. The van der Waals surface area contributed by atoms with Gasteiger partial charge in [0, 0.05) is 42.5 Å². The molecular weight excluding hydrogens is 222 g/mol. The van der Waals surface area contributed by atoms with Gasteiger partial charge in [-0.2, -0.15) is 0 Å². The molecule has 5 heteroatoms. The maximum absolute atomic E-state index is 5.05. The summed E-state index contributed by atoms with van der Waals surface area (Å²) in [6.07, 6.45) is 4.49. The van der Waals surface area contributed by atoms with Crippen molar-refractivity contribution in [3.05, 3.63) is 34.9 Å². The number of anilines is 1. The largest absolute Gasteiger partial charge is 0.481 e. The Morgan fingerprint density at radius 3 is 3.06 bits per heavy atom. The molecule has 0 atom stereocenters. The van der Waals surface area contributed by atoms with E-state index in [1.54, 1.807) is 24.6 Å². The maximum atomic E-state index is 5.05. The van der Waals surface area contributed by atoms with Gasteiger partial charge in [0.15, 0.2) is 0 Å². The Balaban J connectivity index is 1.85. The molecule has 2 aromatic heterocycles. The summed E-state index contributed by atoms with van der Waals surface area (Å²) in [5.74, 6) is 0.624. The van der Waals surface area contributed by atoms with E-state index in [0.29, 0.717) is 5.88 Å². The lowest BCUT2D eigenvalue weighted by molar-refractivity contribution is 0.398. The molecule has 2 rings (SSSR count). The van der Waals surface area contributed by atoms with Crippen molar-refractivity contribution in [3.8, 4) is 5.88 Å². The molecule has 0 unspecified atom stereocenters. The second-order valence-electron chi connectivity index (χ2n) is 3.19. The van der Waals surface area contributed by atoms with Crippen LogP contribution in [0.25, 0.3) is 0 Å². The first kappa shape index (κ1) is 10.9. The number of aromatic nitrogens is 2. The van der Waals surface area contributed by atoms with Crippen molar-refractivity contribution in [1.82, 2.24) is 9.97 Å². The molecule has 0 aliphatic heterocycles. The van der Waals surface area contributed by atoms with E-state index in [0.717, 1.165) is 23.7 Å². The van der Waals surface area contributed by atoms with Crippen LogP contribution in [0.5, 0.6) is 5.88 Å². The predicted octanol–water partition coefficient (Wildman–Crippen LogP) is 2.20. The van der Waals surface area contributed by atoms with Gasteiger partial charge in [0.05, 0.1) is 12.1 Å². The van der Waals surface area contributed by atoms with Gasteiger partial charge in [0.1, 0.15) is 0 Å². The number of methoxy groups -OCH3 is 1. The minimum atomic E-state index is 0.624. The van der Waals surface area contributed by atoms with Crippen LogP contribution in [0.1, 0.15) is 5.01 Å². The number of rotatable bonds is 5. The first-order valence-corrected chi connectivity index (χ1v) is 5.89. The molecule has 0 saturated heterocycles. The Morgan fingerprint density at radius 1 is 1.38 bits per heavy atom. The lowest BCUT2D eigenvalue weighted by Gasteiger charge is -2.05. The van der Waals surface area contributed by atoms with E-state index >= 15 is 0 Å². The number of hydrogen-bond donors (Lipinski definition) is 1. The molecule has 4 nitrogen and oxygen atoms in total. The third-order valence-corrected chi connectivity index (χ3v) is 2.93. The highest BCUT2D eigenvalue weighted by molar-refractivity contribution is 7.09. The van der Waals surface area contributed by atoms with Crippen LogP contribution >= 0.6 is 11.3 Å². The molecule has 0 radical (unpaired) electrons. The Morgan fingerprint density at radius 2 is 2.31 bits per heavy atom. The first-order chi connectivity index (χ1) is 7.88. The Kier molecular flexibility index (Phi) is 3.71. The summed E-state index contributed by atoms with van der Waals surface area (Å²) in [4.78, 5) is 8.27. The predicted molar refractivity (Wildman–Crippen MR) is 65.1 cm³/mol. The number of nitrogens with one attached hydrogen (secondary N) is 1. The van der Waals surface area contributed by atoms with Crippen LogP contribution in [-0.4, -0.2) is 23.6 Å². The summed E-state index contributed by atoms with van der Waals surface area (Å²) in [6, 6.07) is 3.80. The fourth-order valence-corrected chi connectivity index (χ4v) is 1.94. The van der Waals surface area contributed by atoms with Crippen molar-refractivity contribution in [3.63, 3.8) is 0 Å². The molecule has 0 aromatic carbocycles. The highest BCUT2D eigenvalue weighted by Gasteiger charge is 1.98. The fourth-order valence-electron chi connectivity index (χ4n) is 1.32. The fraction of sp³-hybridized carbons (Fsp3) is 0.273. The second kappa shape index (κ2) is 5.46. The zero-order valence-electron chi connectivity index (χ0n) is 9.01. The van der Waals surface area contributed by atoms with Crippen molar-refractivity contribution in [2.24, 2.45) is 0 Å². The lowest BCUT2D eigenvalue weighted by Crippen LogP contribution is -2.04. The molecule has 0 saturated carbocycles. The molecule has 0 aliphatic rings. The van der Waals surface area contributed by atoms with E-state index in [-0.39, 0.29) is 0 Å². The molecular formula is C11H13N3OS. The first-order valence-electron chi connectivity index (χ1n) is 5.01. The van der Waals surface area contributed by atoms with Gasteiger partial charge in [0.25, 0.3) is 0 Å². The topological polar surface area (TPSA) is 47.0 Å². The number of pyridine rings is 1. The van der Waals surface area contributed by atoms with Crippen LogP contribution in [0.3, 0.4) is 0 Å². The SMILES string of the molecule is COc1cc(NCCc2nccs2)ccn1. The minimum Gasteiger partial charge on any atom is -0.481 e. The van der Waals surface area contributed by atoms with Crippen LogP contribution in [0.15, 0.2) is 29.9 Å². The molecule has 16 heavy (non-hydrogen) atoms. The third kappa shape index (κ3) is 2.93. The van der Waals surface area contributed by atoms with Crippen LogP contribution in [0.4, 0.5) is 5.69 Å². The van der Waals surface area contributed by atoms with Crippen LogP contribution in [0.2, 0.25) is 0 Å². The normalized spacial score (nSPS) is 10.1.